The molecule has 1 aliphatic carbocycles. The van der Waals surface area contributed by atoms with Crippen LogP contribution in [0.4, 0.5) is 0 Å². The van der Waals surface area contributed by atoms with Crippen molar-refractivity contribution in [1.82, 2.24) is 15.0 Å². The molecular weight excluding hydrogens is 358 g/mol. The van der Waals surface area contributed by atoms with Crippen molar-refractivity contribution in [1.29, 1.82) is 0 Å². The largest absolute Gasteiger partial charge is 0.339 e. The molecule has 1 atom stereocenters. The lowest BCUT2D eigenvalue weighted by molar-refractivity contribution is 0.146. The standard InChI is InChI=1S/C25H31N3O/c1-18-8-7-11-22(16-18)25-26-23(29-27-25)17-19-12-14-21(15-13-19)24(28(2)3)20-9-5-4-6-10-20/h4-11,16,19,21,24H,12-15,17H2,1-3H3. The van der Waals surface area contributed by atoms with Crippen molar-refractivity contribution in [3.63, 3.8) is 0 Å². The first-order chi connectivity index (χ1) is 14.1. The first-order valence-electron chi connectivity index (χ1n) is 10.7. The summed E-state index contributed by atoms with van der Waals surface area (Å²) < 4.78 is 5.57. The van der Waals surface area contributed by atoms with Gasteiger partial charge in [-0.3, -0.25) is 0 Å². The van der Waals surface area contributed by atoms with Crippen LogP contribution in [0, 0.1) is 18.8 Å². The summed E-state index contributed by atoms with van der Waals surface area (Å²) in [6, 6.07) is 19.7. The molecule has 1 heterocycles. The van der Waals surface area contributed by atoms with Gasteiger partial charge in [0.25, 0.3) is 0 Å². The fraction of sp³-hybridized carbons (Fsp3) is 0.440. The van der Waals surface area contributed by atoms with Gasteiger partial charge < -0.3 is 9.42 Å². The number of hydrogen-bond donors (Lipinski definition) is 0. The summed E-state index contributed by atoms with van der Waals surface area (Å²) >= 11 is 0. The predicted molar refractivity (Wildman–Crippen MR) is 116 cm³/mol. The zero-order valence-corrected chi connectivity index (χ0v) is 17.7. The van der Waals surface area contributed by atoms with Gasteiger partial charge in [0.2, 0.25) is 11.7 Å². The molecular formula is C25H31N3O. The molecule has 0 radical (unpaired) electrons. The lowest BCUT2D eigenvalue weighted by atomic mass is 9.75. The minimum Gasteiger partial charge on any atom is -0.339 e. The van der Waals surface area contributed by atoms with Crippen LogP contribution < -0.4 is 0 Å². The maximum Gasteiger partial charge on any atom is 0.227 e. The Morgan fingerprint density at radius 1 is 1.00 bits per heavy atom. The molecule has 0 amide bonds. The number of hydrogen-bond acceptors (Lipinski definition) is 4. The summed E-state index contributed by atoms with van der Waals surface area (Å²) in [5.74, 6) is 2.82. The van der Waals surface area contributed by atoms with E-state index in [-0.39, 0.29) is 0 Å². The van der Waals surface area contributed by atoms with Gasteiger partial charge in [-0.25, -0.2) is 0 Å². The van der Waals surface area contributed by atoms with Crippen LogP contribution in [-0.2, 0) is 6.42 Å². The molecule has 1 aromatic heterocycles. The van der Waals surface area contributed by atoms with E-state index in [1.54, 1.807) is 0 Å². The summed E-state index contributed by atoms with van der Waals surface area (Å²) in [5, 5.41) is 4.21. The van der Waals surface area contributed by atoms with E-state index >= 15 is 0 Å². The average Bonchev–Trinajstić information content (AvgIpc) is 3.19. The van der Waals surface area contributed by atoms with E-state index in [1.807, 2.05) is 12.1 Å². The zero-order chi connectivity index (χ0) is 20.2. The Bertz CT molecular complexity index is 911. The molecule has 0 N–H and O–H groups in total. The van der Waals surface area contributed by atoms with E-state index in [0.29, 0.717) is 23.7 Å². The molecule has 0 bridgehead atoms. The fourth-order valence-corrected chi connectivity index (χ4v) is 4.84. The van der Waals surface area contributed by atoms with Crippen molar-refractivity contribution in [2.75, 3.05) is 14.1 Å². The predicted octanol–water partition coefficient (Wildman–Crippen LogP) is 5.70. The Hall–Kier alpha value is -2.46. The Kier molecular flexibility index (Phi) is 6.10. The molecule has 4 rings (SSSR count). The monoisotopic (exact) mass is 389 g/mol. The zero-order valence-electron chi connectivity index (χ0n) is 17.7. The van der Waals surface area contributed by atoms with Crippen LogP contribution in [0.25, 0.3) is 11.4 Å². The second kappa shape index (κ2) is 8.91. The molecule has 29 heavy (non-hydrogen) atoms. The third-order valence-corrected chi connectivity index (χ3v) is 6.24. The maximum absolute atomic E-state index is 5.57. The molecule has 4 nitrogen and oxygen atoms in total. The summed E-state index contributed by atoms with van der Waals surface area (Å²) in [5.41, 5.74) is 3.67. The molecule has 0 aliphatic heterocycles. The fourth-order valence-electron chi connectivity index (χ4n) is 4.84. The molecule has 1 fully saturated rings. The van der Waals surface area contributed by atoms with E-state index in [9.17, 15) is 0 Å². The van der Waals surface area contributed by atoms with Crippen LogP contribution in [0.1, 0.15) is 48.7 Å². The van der Waals surface area contributed by atoms with Gasteiger partial charge in [0, 0.05) is 18.0 Å². The summed E-state index contributed by atoms with van der Waals surface area (Å²) in [6.45, 7) is 2.08. The Morgan fingerprint density at radius 2 is 1.76 bits per heavy atom. The van der Waals surface area contributed by atoms with Crippen LogP contribution in [0.3, 0.4) is 0 Å². The number of nitrogens with zero attached hydrogens (tertiary/aromatic N) is 3. The highest BCUT2D eigenvalue weighted by Gasteiger charge is 2.30. The van der Waals surface area contributed by atoms with Gasteiger partial charge in [-0.2, -0.15) is 4.98 Å². The van der Waals surface area contributed by atoms with Gasteiger partial charge in [0.1, 0.15) is 0 Å². The third kappa shape index (κ3) is 4.76. The Labute approximate surface area is 173 Å². The van der Waals surface area contributed by atoms with Crippen LogP contribution in [0.5, 0.6) is 0 Å². The van der Waals surface area contributed by atoms with Gasteiger partial charge in [-0.05, 0) is 70.2 Å². The van der Waals surface area contributed by atoms with Crippen molar-refractivity contribution in [3.8, 4) is 11.4 Å². The summed E-state index contributed by atoms with van der Waals surface area (Å²) in [6.07, 6.45) is 5.85. The van der Waals surface area contributed by atoms with E-state index in [2.05, 4.69) is 78.5 Å². The van der Waals surface area contributed by atoms with E-state index < -0.39 is 0 Å². The number of aryl methyl sites for hydroxylation is 1. The van der Waals surface area contributed by atoms with Crippen molar-refractivity contribution in [2.24, 2.45) is 11.8 Å². The van der Waals surface area contributed by atoms with E-state index in [1.165, 1.54) is 36.8 Å². The molecule has 1 aliphatic rings. The molecule has 0 saturated heterocycles. The van der Waals surface area contributed by atoms with Crippen molar-refractivity contribution >= 4 is 0 Å². The van der Waals surface area contributed by atoms with Gasteiger partial charge in [-0.15, -0.1) is 0 Å². The molecule has 0 spiro atoms. The van der Waals surface area contributed by atoms with Crippen LogP contribution in [0.2, 0.25) is 0 Å². The first kappa shape index (κ1) is 19.8. The van der Waals surface area contributed by atoms with E-state index in [0.717, 1.165) is 17.9 Å². The van der Waals surface area contributed by atoms with E-state index in [4.69, 9.17) is 4.52 Å². The SMILES string of the molecule is Cc1cccc(-c2noc(CC3CCC(C(c4ccccc4)N(C)C)CC3)n2)c1. The number of rotatable bonds is 6. The second-order valence-corrected chi connectivity index (χ2v) is 8.69. The highest BCUT2D eigenvalue weighted by molar-refractivity contribution is 5.55. The minimum absolute atomic E-state index is 0.494. The highest BCUT2D eigenvalue weighted by atomic mass is 16.5. The van der Waals surface area contributed by atoms with Crippen LogP contribution in [0.15, 0.2) is 59.1 Å². The van der Waals surface area contributed by atoms with Gasteiger partial charge >= 0.3 is 0 Å². The van der Waals surface area contributed by atoms with Crippen molar-refractivity contribution < 1.29 is 4.52 Å². The lowest BCUT2D eigenvalue weighted by Crippen LogP contribution is -2.30. The minimum atomic E-state index is 0.494. The second-order valence-electron chi connectivity index (χ2n) is 8.69. The molecule has 1 unspecified atom stereocenters. The lowest BCUT2D eigenvalue weighted by Gasteiger charge is -2.37. The molecule has 1 saturated carbocycles. The topological polar surface area (TPSA) is 42.2 Å². The van der Waals surface area contributed by atoms with Crippen molar-refractivity contribution in [3.05, 3.63) is 71.6 Å². The maximum atomic E-state index is 5.57. The number of aromatic nitrogens is 2. The summed E-state index contributed by atoms with van der Waals surface area (Å²) in [4.78, 5) is 7.04. The molecule has 3 aromatic rings. The highest BCUT2D eigenvalue weighted by Crippen LogP contribution is 2.40. The van der Waals surface area contributed by atoms with Crippen LogP contribution in [-0.4, -0.2) is 29.1 Å². The normalized spacial score (nSPS) is 20.7. The quantitative estimate of drug-likeness (QED) is 0.542. The Balaban J connectivity index is 1.37. The Morgan fingerprint density at radius 3 is 2.45 bits per heavy atom. The van der Waals surface area contributed by atoms with Gasteiger partial charge in [-0.1, -0.05) is 59.3 Å². The number of benzene rings is 2. The molecule has 2 aromatic carbocycles. The average molecular weight is 390 g/mol. The van der Waals surface area contributed by atoms with Crippen molar-refractivity contribution in [2.45, 2.75) is 45.1 Å². The molecule has 4 heteroatoms. The third-order valence-electron chi connectivity index (χ3n) is 6.24. The van der Waals surface area contributed by atoms with Gasteiger partial charge in [0.05, 0.1) is 0 Å². The first-order valence-corrected chi connectivity index (χ1v) is 10.7. The summed E-state index contributed by atoms with van der Waals surface area (Å²) in [7, 11) is 4.41. The van der Waals surface area contributed by atoms with Gasteiger partial charge in [0.15, 0.2) is 0 Å². The van der Waals surface area contributed by atoms with Crippen LogP contribution >= 0.6 is 0 Å². The molecule has 152 valence electrons. The smallest absolute Gasteiger partial charge is 0.227 e.